The van der Waals surface area contributed by atoms with Gasteiger partial charge in [-0.1, -0.05) is 47.5 Å². The van der Waals surface area contributed by atoms with Gasteiger partial charge in [0.2, 0.25) is 0 Å². The molecule has 1 N–H and O–H groups in total. The first-order valence-electron chi connectivity index (χ1n) is 9.82. The molecule has 3 rings (SSSR count). The molecule has 3 aromatic carbocycles. The average Bonchev–Trinajstić information content (AvgIpc) is 2.79. The Bertz CT molecular complexity index is 1170. The lowest BCUT2D eigenvalue weighted by molar-refractivity contribution is -0.112. The van der Waals surface area contributed by atoms with Crippen LogP contribution in [0.5, 0.6) is 11.5 Å². The number of nitrogens with zero attached hydrogens (tertiary/aromatic N) is 1. The Labute approximate surface area is 196 Å². The molecule has 3 aromatic rings. The predicted molar refractivity (Wildman–Crippen MR) is 127 cm³/mol. The highest BCUT2D eigenvalue weighted by atomic mass is 35.5. The number of amides is 1. The molecule has 0 bridgehead atoms. The number of benzene rings is 3. The van der Waals surface area contributed by atoms with Crippen molar-refractivity contribution in [3.63, 3.8) is 0 Å². The van der Waals surface area contributed by atoms with E-state index >= 15 is 0 Å². The molecule has 0 aliphatic heterocycles. The zero-order valence-electron chi connectivity index (χ0n) is 17.3. The summed E-state index contributed by atoms with van der Waals surface area (Å²) in [4.78, 5) is 12.5. The number of rotatable bonds is 8. The fourth-order valence-corrected chi connectivity index (χ4v) is 3.24. The second-order valence-electron chi connectivity index (χ2n) is 6.65. The van der Waals surface area contributed by atoms with Gasteiger partial charge < -0.3 is 14.8 Å². The van der Waals surface area contributed by atoms with Crippen LogP contribution in [0.1, 0.15) is 18.1 Å². The van der Waals surface area contributed by atoms with Crippen LogP contribution in [0, 0.1) is 11.3 Å². The van der Waals surface area contributed by atoms with Crippen LogP contribution in [0.2, 0.25) is 10.0 Å². The minimum absolute atomic E-state index is 0.0558. The molecule has 0 saturated carbocycles. The first-order chi connectivity index (χ1) is 15.5. The molecule has 0 fully saturated rings. The van der Waals surface area contributed by atoms with Crippen LogP contribution in [-0.4, -0.2) is 12.5 Å². The number of hydrogen-bond acceptors (Lipinski definition) is 4. The van der Waals surface area contributed by atoms with Gasteiger partial charge in [0, 0.05) is 16.3 Å². The van der Waals surface area contributed by atoms with Gasteiger partial charge >= 0.3 is 0 Å². The number of halogens is 2. The van der Waals surface area contributed by atoms with Crippen molar-refractivity contribution in [3.05, 3.63) is 93.5 Å². The van der Waals surface area contributed by atoms with E-state index in [9.17, 15) is 10.1 Å². The van der Waals surface area contributed by atoms with E-state index < -0.39 is 5.91 Å². The minimum atomic E-state index is -0.521. The minimum Gasteiger partial charge on any atom is -0.494 e. The highest BCUT2D eigenvalue weighted by Crippen LogP contribution is 2.28. The van der Waals surface area contributed by atoms with Gasteiger partial charge in [0.15, 0.2) is 0 Å². The SMILES string of the molecule is CCOc1ccc(NC(=O)/C(C#N)=C/c2ccc(OCc3ccccc3Cl)c(Cl)c2)cc1. The van der Waals surface area contributed by atoms with E-state index in [2.05, 4.69) is 5.32 Å². The van der Waals surface area contributed by atoms with E-state index in [0.717, 1.165) is 5.56 Å². The first-order valence-corrected chi connectivity index (χ1v) is 10.6. The van der Waals surface area contributed by atoms with E-state index in [0.29, 0.717) is 39.4 Å². The highest BCUT2D eigenvalue weighted by Gasteiger charge is 2.11. The monoisotopic (exact) mass is 466 g/mol. The van der Waals surface area contributed by atoms with E-state index in [1.807, 2.05) is 31.2 Å². The third kappa shape index (κ3) is 6.27. The third-order valence-corrected chi connectivity index (χ3v) is 5.06. The van der Waals surface area contributed by atoms with Crippen LogP contribution in [-0.2, 0) is 11.4 Å². The van der Waals surface area contributed by atoms with Crippen molar-refractivity contribution in [2.45, 2.75) is 13.5 Å². The molecular formula is C25H20Cl2N2O3. The molecule has 5 nitrogen and oxygen atoms in total. The van der Waals surface area contributed by atoms with Gasteiger partial charge in [0.25, 0.3) is 5.91 Å². The van der Waals surface area contributed by atoms with Crippen molar-refractivity contribution in [1.82, 2.24) is 0 Å². The fourth-order valence-electron chi connectivity index (χ4n) is 2.81. The summed E-state index contributed by atoms with van der Waals surface area (Å²) in [5.41, 5.74) is 1.94. The maximum atomic E-state index is 12.5. The largest absolute Gasteiger partial charge is 0.494 e. The van der Waals surface area contributed by atoms with E-state index in [1.54, 1.807) is 48.5 Å². The summed E-state index contributed by atoms with van der Waals surface area (Å²) in [7, 11) is 0. The second kappa shape index (κ2) is 11.2. The molecule has 0 spiro atoms. The number of nitriles is 1. The molecule has 0 heterocycles. The molecule has 0 aromatic heterocycles. The van der Waals surface area contributed by atoms with Crippen molar-refractivity contribution >= 4 is 40.9 Å². The molecule has 1 amide bonds. The number of ether oxygens (including phenoxy) is 2. The lowest BCUT2D eigenvalue weighted by Gasteiger charge is -2.10. The molecule has 0 unspecified atom stereocenters. The Morgan fingerprint density at radius 1 is 1.03 bits per heavy atom. The molecular weight excluding hydrogens is 447 g/mol. The van der Waals surface area contributed by atoms with Gasteiger partial charge in [-0.25, -0.2) is 0 Å². The number of nitrogens with one attached hydrogen (secondary N) is 1. The molecule has 0 radical (unpaired) electrons. The number of carbonyl (C=O) groups excluding carboxylic acids is 1. The Balaban J connectivity index is 1.68. The van der Waals surface area contributed by atoms with Crippen LogP contribution < -0.4 is 14.8 Å². The summed E-state index contributed by atoms with van der Waals surface area (Å²) in [6.45, 7) is 2.71. The van der Waals surface area contributed by atoms with Gasteiger partial charge in [-0.05, 0) is 61.0 Å². The highest BCUT2D eigenvalue weighted by molar-refractivity contribution is 6.32. The number of anilines is 1. The van der Waals surface area contributed by atoms with Crippen LogP contribution in [0.3, 0.4) is 0 Å². The molecule has 162 valence electrons. The lowest BCUT2D eigenvalue weighted by atomic mass is 10.1. The summed E-state index contributed by atoms with van der Waals surface area (Å²) in [5.74, 6) is 0.654. The number of carbonyl (C=O) groups is 1. The Morgan fingerprint density at radius 3 is 2.44 bits per heavy atom. The topological polar surface area (TPSA) is 71.3 Å². The van der Waals surface area contributed by atoms with Crippen molar-refractivity contribution in [3.8, 4) is 17.6 Å². The Hall–Kier alpha value is -3.46. The van der Waals surface area contributed by atoms with Crippen molar-refractivity contribution < 1.29 is 14.3 Å². The zero-order chi connectivity index (χ0) is 22.9. The normalized spacial score (nSPS) is 10.9. The van der Waals surface area contributed by atoms with Crippen LogP contribution in [0.4, 0.5) is 5.69 Å². The summed E-state index contributed by atoms with van der Waals surface area (Å²) in [6, 6.07) is 21.2. The maximum Gasteiger partial charge on any atom is 0.266 e. The predicted octanol–water partition coefficient (Wildman–Crippen LogP) is 6.52. The number of hydrogen-bond donors (Lipinski definition) is 1. The standard InChI is InChI=1S/C25H20Cl2N2O3/c1-2-31-21-10-8-20(9-11-21)29-25(30)19(15-28)13-17-7-12-24(23(27)14-17)32-16-18-5-3-4-6-22(18)26/h3-14H,2,16H2,1H3,(H,29,30)/b19-13+. The zero-order valence-corrected chi connectivity index (χ0v) is 18.8. The van der Waals surface area contributed by atoms with Crippen LogP contribution in [0.15, 0.2) is 72.3 Å². The average molecular weight is 467 g/mol. The smallest absolute Gasteiger partial charge is 0.266 e. The van der Waals surface area contributed by atoms with E-state index in [1.165, 1.54) is 6.08 Å². The van der Waals surface area contributed by atoms with E-state index in [4.69, 9.17) is 32.7 Å². The molecule has 0 aliphatic carbocycles. The fraction of sp³-hybridized carbons (Fsp3) is 0.120. The molecule has 32 heavy (non-hydrogen) atoms. The summed E-state index contributed by atoms with van der Waals surface area (Å²) in [5, 5.41) is 13.1. The van der Waals surface area contributed by atoms with Crippen molar-refractivity contribution in [2.75, 3.05) is 11.9 Å². The third-order valence-electron chi connectivity index (χ3n) is 4.40. The van der Waals surface area contributed by atoms with Gasteiger partial charge in [0.05, 0.1) is 11.6 Å². The van der Waals surface area contributed by atoms with Gasteiger partial charge in [-0.15, -0.1) is 0 Å². The molecule has 7 heteroatoms. The lowest BCUT2D eigenvalue weighted by Crippen LogP contribution is -2.13. The summed E-state index contributed by atoms with van der Waals surface area (Å²) >= 11 is 12.5. The first kappa shape index (κ1) is 23.2. The van der Waals surface area contributed by atoms with Crippen LogP contribution in [0.25, 0.3) is 6.08 Å². The Kier molecular flexibility index (Phi) is 8.15. The van der Waals surface area contributed by atoms with Crippen molar-refractivity contribution in [1.29, 1.82) is 5.26 Å². The molecule has 0 saturated heterocycles. The summed E-state index contributed by atoms with van der Waals surface area (Å²) < 4.78 is 11.1. The molecule has 0 atom stereocenters. The second-order valence-corrected chi connectivity index (χ2v) is 7.47. The molecule has 0 aliphatic rings. The van der Waals surface area contributed by atoms with Gasteiger partial charge in [-0.2, -0.15) is 5.26 Å². The maximum absolute atomic E-state index is 12.5. The van der Waals surface area contributed by atoms with Gasteiger partial charge in [0.1, 0.15) is 29.7 Å². The van der Waals surface area contributed by atoms with Crippen molar-refractivity contribution in [2.24, 2.45) is 0 Å². The Morgan fingerprint density at radius 2 is 1.78 bits per heavy atom. The van der Waals surface area contributed by atoms with E-state index in [-0.39, 0.29) is 12.2 Å². The van der Waals surface area contributed by atoms with Gasteiger partial charge in [-0.3, -0.25) is 4.79 Å². The van der Waals surface area contributed by atoms with Crippen LogP contribution >= 0.6 is 23.2 Å². The summed E-state index contributed by atoms with van der Waals surface area (Å²) in [6.07, 6.45) is 1.47. The quantitative estimate of drug-likeness (QED) is 0.303.